The van der Waals surface area contributed by atoms with Crippen molar-refractivity contribution in [2.75, 3.05) is 25.0 Å². The topological polar surface area (TPSA) is 67.4 Å². The van der Waals surface area contributed by atoms with Crippen LogP contribution in [0.1, 0.15) is 40.2 Å². The van der Waals surface area contributed by atoms with E-state index in [1.165, 1.54) is 24.4 Å². The number of piperidine rings is 1. The lowest BCUT2D eigenvalue weighted by Gasteiger charge is -2.32. The number of anilines is 1. The number of carbonyl (C=O) groups is 1. The molecule has 1 aliphatic rings. The summed E-state index contributed by atoms with van der Waals surface area (Å²) in [7, 11) is 0. The number of nitrogens with zero attached hydrogens (tertiary/aromatic N) is 3. The third-order valence-electron chi connectivity index (χ3n) is 6.56. The molecule has 2 aromatic heterocycles. The van der Waals surface area contributed by atoms with E-state index in [1.54, 1.807) is 29.5 Å². The molecule has 1 amide bonds. The first kappa shape index (κ1) is 27.1. The molecule has 0 bridgehead atoms. The average molecular weight is 573 g/mol. The van der Waals surface area contributed by atoms with E-state index in [0.29, 0.717) is 5.56 Å². The van der Waals surface area contributed by atoms with Gasteiger partial charge in [-0.1, -0.05) is 35.9 Å². The van der Waals surface area contributed by atoms with Gasteiger partial charge in [-0.15, -0.1) is 24.5 Å². The Morgan fingerprint density at radius 1 is 1.13 bits per heavy atom. The lowest BCUT2D eigenvalue weighted by atomic mass is 9.87. The highest BCUT2D eigenvalue weighted by Gasteiger charge is 2.31. The smallest absolute Gasteiger partial charge is 0.406 e. The molecule has 0 aliphatic carbocycles. The molecule has 1 aliphatic heterocycles. The van der Waals surface area contributed by atoms with E-state index < -0.39 is 6.36 Å². The number of nitrogens with one attached hydrogen (secondary N) is 1. The molecule has 0 radical (unpaired) electrons. The van der Waals surface area contributed by atoms with Crippen molar-refractivity contribution in [3.63, 3.8) is 0 Å². The molecule has 39 heavy (non-hydrogen) atoms. The number of likely N-dealkylation sites (tertiary alicyclic amines) is 1. The summed E-state index contributed by atoms with van der Waals surface area (Å²) in [5, 5.41) is 3.31. The minimum atomic E-state index is -4.70. The van der Waals surface area contributed by atoms with E-state index in [4.69, 9.17) is 11.6 Å². The molecule has 1 N–H and O–H groups in total. The molecule has 1 fully saturated rings. The minimum absolute atomic E-state index is 0.230. The molecule has 0 atom stereocenters. The monoisotopic (exact) mass is 572 g/mol. The summed E-state index contributed by atoms with van der Waals surface area (Å²) in [6.07, 6.45) is 2.50. The molecule has 0 spiro atoms. The first-order chi connectivity index (χ1) is 18.7. The summed E-state index contributed by atoms with van der Waals surface area (Å²) < 4.78 is 42.0. The third-order valence-corrected chi connectivity index (χ3v) is 7.56. The van der Waals surface area contributed by atoms with Gasteiger partial charge < -0.3 is 10.1 Å². The van der Waals surface area contributed by atoms with Gasteiger partial charge in [0.05, 0.1) is 15.7 Å². The van der Waals surface area contributed by atoms with Gasteiger partial charge in [-0.3, -0.25) is 9.69 Å². The standard InChI is InChI=1S/C28H24ClF3N4O2S/c29-24-16-20(9-12-33-24)27(37)35-22-7-8-23-26(34-17-39-23)25(22)19-10-14-36(15-11-19)13-1-2-18-3-5-21(6-4-18)38-28(30,31)32/h1-9,12,16-17,19H,10-11,13-15H2,(H,35,37). The Morgan fingerprint density at radius 2 is 1.90 bits per heavy atom. The fourth-order valence-corrected chi connectivity index (χ4v) is 5.60. The Labute approximate surface area is 232 Å². The largest absolute Gasteiger partial charge is 0.573 e. The molecule has 202 valence electrons. The summed E-state index contributed by atoms with van der Waals surface area (Å²) in [6.45, 7) is 2.45. The van der Waals surface area contributed by atoms with Crippen molar-refractivity contribution in [2.45, 2.75) is 25.1 Å². The van der Waals surface area contributed by atoms with E-state index in [-0.39, 0.29) is 22.7 Å². The highest BCUT2D eigenvalue weighted by Crippen LogP contribution is 2.39. The Bertz CT molecular complexity index is 1480. The number of thiazole rings is 1. The number of rotatable bonds is 7. The van der Waals surface area contributed by atoms with E-state index in [2.05, 4.69) is 24.9 Å². The van der Waals surface area contributed by atoms with Crippen LogP contribution in [-0.4, -0.2) is 46.8 Å². The Kier molecular flexibility index (Phi) is 8.15. The van der Waals surface area contributed by atoms with Crippen molar-refractivity contribution in [3.8, 4) is 5.75 Å². The van der Waals surface area contributed by atoms with Gasteiger partial charge in [0.1, 0.15) is 10.9 Å². The van der Waals surface area contributed by atoms with Crippen molar-refractivity contribution < 1.29 is 22.7 Å². The van der Waals surface area contributed by atoms with Crippen LogP contribution in [0, 0.1) is 0 Å². The Balaban J connectivity index is 1.23. The molecule has 6 nitrogen and oxygen atoms in total. The van der Waals surface area contributed by atoms with Gasteiger partial charge in [0.25, 0.3) is 5.91 Å². The molecular formula is C28H24ClF3N4O2S. The lowest BCUT2D eigenvalue weighted by Crippen LogP contribution is -2.33. The van der Waals surface area contributed by atoms with E-state index >= 15 is 0 Å². The third kappa shape index (κ3) is 6.95. The van der Waals surface area contributed by atoms with Crippen molar-refractivity contribution in [1.82, 2.24) is 14.9 Å². The zero-order valence-electron chi connectivity index (χ0n) is 20.6. The number of amides is 1. The summed E-state index contributed by atoms with van der Waals surface area (Å²) >= 11 is 7.54. The number of hydrogen-bond donors (Lipinski definition) is 1. The number of alkyl halides is 3. The maximum Gasteiger partial charge on any atom is 0.573 e. The number of ether oxygens (including phenoxy) is 1. The maximum atomic E-state index is 13.0. The Morgan fingerprint density at radius 3 is 2.62 bits per heavy atom. The second-order valence-corrected chi connectivity index (χ2v) is 10.4. The predicted octanol–water partition coefficient (Wildman–Crippen LogP) is 7.39. The molecule has 5 rings (SSSR count). The van der Waals surface area contributed by atoms with E-state index in [9.17, 15) is 18.0 Å². The summed E-state index contributed by atoms with van der Waals surface area (Å²) in [6, 6.07) is 12.9. The van der Waals surface area contributed by atoms with Gasteiger partial charge in [-0.05, 0) is 73.8 Å². The fraction of sp³-hybridized carbons (Fsp3) is 0.250. The van der Waals surface area contributed by atoms with Gasteiger partial charge in [-0.2, -0.15) is 0 Å². The number of carbonyl (C=O) groups excluding carboxylic acids is 1. The zero-order valence-corrected chi connectivity index (χ0v) is 22.2. The highest BCUT2D eigenvalue weighted by molar-refractivity contribution is 7.16. The predicted molar refractivity (Wildman–Crippen MR) is 147 cm³/mol. The number of fused-ring (bicyclic) bond motifs is 1. The van der Waals surface area contributed by atoms with Crippen LogP contribution in [0.2, 0.25) is 5.15 Å². The summed E-state index contributed by atoms with van der Waals surface area (Å²) in [5.74, 6) is -0.263. The molecule has 0 saturated carbocycles. The molecule has 11 heteroatoms. The maximum absolute atomic E-state index is 13.0. The first-order valence-electron chi connectivity index (χ1n) is 12.3. The van der Waals surface area contributed by atoms with Crippen LogP contribution in [0.25, 0.3) is 16.3 Å². The van der Waals surface area contributed by atoms with Crippen LogP contribution in [-0.2, 0) is 0 Å². The number of halogens is 4. The van der Waals surface area contributed by atoms with Gasteiger partial charge in [-0.25, -0.2) is 9.97 Å². The van der Waals surface area contributed by atoms with Crippen molar-refractivity contribution >= 4 is 50.8 Å². The second kappa shape index (κ2) is 11.7. The van der Waals surface area contributed by atoms with Crippen molar-refractivity contribution in [1.29, 1.82) is 0 Å². The zero-order chi connectivity index (χ0) is 27.4. The van der Waals surface area contributed by atoms with E-state index in [1.807, 2.05) is 29.8 Å². The average Bonchev–Trinajstić information content (AvgIpc) is 3.38. The van der Waals surface area contributed by atoms with Gasteiger partial charge in [0.2, 0.25) is 0 Å². The normalized spacial score (nSPS) is 15.2. The highest BCUT2D eigenvalue weighted by atomic mass is 35.5. The quantitative estimate of drug-likeness (QED) is 0.234. The van der Waals surface area contributed by atoms with Crippen molar-refractivity contribution in [3.05, 3.63) is 88.2 Å². The molecule has 3 heterocycles. The first-order valence-corrected chi connectivity index (χ1v) is 13.5. The second-order valence-electron chi connectivity index (χ2n) is 9.14. The molecular weight excluding hydrogens is 549 g/mol. The SMILES string of the molecule is O=C(Nc1ccc2scnc2c1C1CCN(CC=Cc2ccc(OC(F)(F)F)cc2)CC1)c1ccnc(Cl)c1. The molecule has 0 unspecified atom stereocenters. The molecule has 4 aromatic rings. The minimum Gasteiger partial charge on any atom is -0.406 e. The number of benzene rings is 2. The number of hydrogen-bond acceptors (Lipinski definition) is 6. The summed E-state index contributed by atoms with van der Waals surface area (Å²) in [4.78, 5) is 23.8. The van der Waals surface area contributed by atoms with Crippen LogP contribution in [0.3, 0.4) is 0 Å². The molecule has 2 aromatic carbocycles. The lowest BCUT2D eigenvalue weighted by molar-refractivity contribution is -0.274. The van der Waals surface area contributed by atoms with Crippen LogP contribution in [0.4, 0.5) is 18.9 Å². The fourth-order valence-electron chi connectivity index (χ4n) is 4.74. The summed E-state index contributed by atoms with van der Waals surface area (Å²) in [5.41, 5.74) is 5.78. The number of pyridine rings is 1. The van der Waals surface area contributed by atoms with Gasteiger partial charge in [0.15, 0.2) is 0 Å². The van der Waals surface area contributed by atoms with Gasteiger partial charge in [0, 0.05) is 29.6 Å². The van der Waals surface area contributed by atoms with Crippen LogP contribution in [0.15, 0.2) is 66.3 Å². The Hall–Kier alpha value is -3.47. The number of aromatic nitrogens is 2. The molecule has 1 saturated heterocycles. The van der Waals surface area contributed by atoms with Crippen molar-refractivity contribution in [2.24, 2.45) is 0 Å². The van der Waals surface area contributed by atoms with Crippen LogP contribution in [0.5, 0.6) is 5.75 Å². The van der Waals surface area contributed by atoms with Crippen LogP contribution < -0.4 is 10.1 Å². The van der Waals surface area contributed by atoms with Crippen LogP contribution >= 0.6 is 22.9 Å². The van der Waals surface area contributed by atoms with Gasteiger partial charge >= 0.3 is 6.36 Å². The van der Waals surface area contributed by atoms with E-state index in [0.717, 1.165) is 59.5 Å².